The van der Waals surface area contributed by atoms with Crippen molar-refractivity contribution in [3.05, 3.63) is 44.4 Å². The van der Waals surface area contributed by atoms with Gasteiger partial charge in [-0.1, -0.05) is 29.3 Å². The molecule has 100 valence electrons. The molecular weight excluding hydrogens is 301 g/mol. The van der Waals surface area contributed by atoms with E-state index in [4.69, 9.17) is 34.7 Å². The van der Waals surface area contributed by atoms with Crippen molar-refractivity contribution in [3.8, 4) is 0 Å². The first-order chi connectivity index (χ1) is 8.98. The number of aryl methyl sites for hydroxylation is 1. The molecule has 1 aromatic carbocycles. The van der Waals surface area contributed by atoms with Gasteiger partial charge >= 0.3 is 0 Å². The molecule has 3 nitrogen and oxygen atoms in total. The lowest BCUT2D eigenvalue weighted by Gasteiger charge is -2.33. The minimum absolute atomic E-state index is 0.416. The summed E-state index contributed by atoms with van der Waals surface area (Å²) in [6.07, 6.45) is 2.43. The van der Waals surface area contributed by atoms with Crippen LogP contribution in [0.15, 0.2) is 18.2 Å². The van der Waals surface area contributed by atoms with Gasteiger partial charge in [0.15, 0.2) is 5.13 Å². The van der Waals surface area contributed by atoms with Crippen molar-refractivity contribution < 1.29 is 0 Å². The van der Waals surface area contributed by atoms with E-state index >= 15 is 0 Å². The normalized spacial score (nSPS) is 22.3. The van der Waals surface area contributed by atoms with E-state index in [1.54, 1.807) is 6.07 Å². The first kappa shape index (κ1) is 13.2. The molecular formula is C13H13Cl2N3S. The van der Waals surface area contributed by atoms with Gasteiger partial charge in [-0.2, -0.15) is 0 Å². The van der Waals surface area contributed by atoms with Crippen LogP contribution in [0.2, 0.25) is 10.0 Å². The molecule has 0 saturated heterocycles. The van der Waals surface area contributed by atoms with E-state index in [9.17, 15) is 0 Å². The highest BCUT2D eigenvalue weighted by Gasteiger charge is 2.34. The quantitative estimate of drug-likeness (QED) is 0.848. The smallest absolute Gasteiger partial charge is 0.180 e. The maximum Gasteiger partial charge on any atom is 0.180 e. The highest BCUT2D eigenvalue weighted by atomic mass is 35.5. The minimum atomic E-state index is -0.416. The van der Waals surface area contributed by atoms with E-state index in [0.717, 1.165) is 30.5 Å². The third-order valence-corrected chi connectivity index (χ3v) is 5.24. The first-order valence-corrected chi connectivity index (χ1v) is 7.54. The molecule has 0 spiro atoms. The van der Waals surface area contributed by atoms with Crippen LogP contribution in [0.1, 0.15) is 22.6 Å². The number of nitrogens with two attached hydrogens (primary N) is 2. The second kappa shape index (κ2) is 4.63. The minimum Gasteiger partial charge on any atom is -0.375 e. The van der Waals surface area contributed by atoms with Crippen molar-refractivity contribution in [2.75, 3.05) is 5.73 Å². The van der Waals surface area contributed by atoms with Crippen molar-refractivity contribution in [1.29, 1.82) is 0 Å². The van der Waals surface area contributed by atoms with Crippen LogP contribution in [0.4, 0.5) is 5.13 Å². The maximum absolute atomic E-state index is 6.56. The van der Waals surface area contributed by atoms with Crippen LogP contribution in [-0.2, 0) is 18.4 Å². The molecule has 0 saturated carbocycles. The summed E-state index contributed by atoms with van der Waals surface area (Å²) < 4.78 is 0. The third-order valence-electron chi connectivity index (χ3n) is 3.57. The molecule has 2 aromatic rings. The average Bonchev–Trinajstić information content (AvgIpc) is 2.71. The van der Waals surface area contributed by atoms with Crippen LogP contribution in [0.3, 0.4) is 0 Å². The van der Waals surface area contributed by atoms with Crippen LogP contribution in [0, 0.1) is 0 Å². The molecule has 1 aliphatic rings. The molecule has 1 aromatic heterocycles. The van der Waals surface area contributed by atoms with Gasteiger partial charge in [0.05, 0.1) is 15.7 Å². The van der Waals surface area contributed by atoms with E-state index in [0.29, 0.717) is 15.2 Å². The molecule has 0 aliphatic heterocycles. The summed E-state index contributed by atoms with van der Waals surface area (Å²) in [4.78, 5) is 5.51. The molecule has 1 atom stereocenters. The number of nitrogen functional groups attached to an aromatic ring is 1. The standard InChI is InChI=1S/C13H13Cl2N3S/c14-8-2-1-7(5-9(8)15)13(17)4-3-10-11(6-13)19-12(16)18-10/h1-2,5H,3-4,6,17H2,(H2,16,18). The second-order valence-electron chi connectivity index (χ2n) is 4.88. The number of nitrogens with zero attached hydrogens (tertiary/aromatic N) is 1. The Kier molecular flexibility index (Phi) is 3.21. The topological polar surface area (TPSA) is 64.9 Å². The monoisotopic (exact) mass is 313 g/mol. The summed E-state index contributed by atoms with van der Waals surface area (Å²) in [5, 5.41) is 1.70. The van der Waals surface area contributed by atoms with Crippen molar-refractivity contribution in [1.82, 2.24) is 4.98 Å². The van der Waals surface area contributed by atoms with Gasteiger partial charge in [0.1, 0.15) is 0 Å². The molecule has 6 heteroatoms. The predicted octanol–water partition coefficient (Wildman–Crippen LogP) is 3.38. The Bertz CT molecular complexity index is 641. The highest BCUT2D eigenvalue weighted by Crippen LogP contribution is 2.39. The summed E-state index contributed by atoms with van der Waals surface area (Å²) in [5.74, 6) is 0. The number of benzene rings is 1. The van der Waals surface area contributed by atoms with Gasteiger partial charge in [0.2, 0.25) is 0 Å². The lowest BCUT2D eigenvalue weighted by molar-refractivity contribution is 0.386. The number of anilines is 1. The number of rotatable bonds is 1. The molecule has 1 unspecified atom stereocenters. The fraction of sp³-hybridized carbons (Fsp3) is 0.308. The van der Waals surface area contributed by atoms with E-state index in [2.05, 4.69) is 4.98 Å². The van der Waals surface area contributed by atoms with Gasteiger partial charge in [-0.15, -0.1) is 11.3 Å². The third kappa shape index (κ3) is 2.34. The summed E-state index contributed by atoms with van der Waals surface area (Å²) in [6, 6.07) is 5.60. The van der Waals surface area contributed by atoms with Crippen LogP contribution < -0.4 is 11.5 Å². The van der Waals surface area contributed by atoms with E-state index < -0.39 is 5.54 Å². The van der Waals surface area contributed by atoms with Crippen molar-refractivity contribution in [2.45, 2.75) is 24.8 Å². The van der Waals surface area contributed by atoms with Crippen LogP contribution >= 0.6 is 34.5 Å². The van der Waals surface area contributed by atoms with Gasteiger partial charge in [0.25, 0.3) is 0 Å². The number of hydrogen-bond donors (Lipinski definition) is 2. The Balaban J connectivity index is 1.98. The number of fused-ring (bicyclic) bond motifs is 1. The lowest BCUT2D eigenvalue weighted by Crippen LogP contribution is -2.41. The highest BCUT2D eigenvalue weighted by molar-refractivity contribution is 7.15. The van der Waals surface area contributed by atoms with Crippen LogP contribution in [-0.4, -0.2) is 4.98 Å². The Hall–Kier alpha value is -0.810. The fourth-order valence-corrected chi connectivity index (χ4v) is 3.81. The lowest BCUT2D eigenvalue weighted by atomic mass is 9.79. The fourth-order valence-electron chi connectivity index (χ4n) is 2.51. The SMILES string of the molecule is Nc1nc2c(s1)CC(N)(c1ccc(Cl)c(Cl)c1)CC2. The Morgan fingerprint density at radius 1 is 1.26 bits per heavy atom. The molecule has 0 radical (unpaired) electrons. The summed E-state index contributed by atoms with van der Waals surface area (Å²) >= 11 is 13.6. The molecule has 1 aliphatic carbocycles. The first-order valence-electron chi connectivity index (χ1n) is 5.96. The maximum atomic E-state index is 6.56. The number of halogens is 2. The number of aromatic nitrogens is 1. The number of thiazole rings is 1. The zero-order valence-electron chi connectivity index (χ0n) is 10.1. The van der Waals surface area contributed by atoms with E-state index in [1.165, 1.54) is 16.2 Å². The van der Waals surface area contributed by atoms with Gasteiger partial charge in [-0.3, -0.25) is 0 Å². The van der Waals surface area contributed by atoms with E-state index in [-0.39, 0.29) is 0 Å². The molecule has 0 fully saturated rings. The average molecular weight is 314 g/mol. The van der Waals surface area contributed by atoms with Gasteiger partial charge in [0, 0.05) is 16.8 Å². The zero-order valence-corrected chi connectivity index (χ0v) is 12.4. The second-order valence-corrected chi connectivity index (χ2v) is 6.81. The van der Waals surface area contributed by atoms with Crippen LogP contribution in [0.5, 0.6) is 0 Å². The molecule has 0 amide bonds. The van der Waals surface area contributed by atoms with Crippen molar-refractivity contribution in [2.24, 2.45) is 5.73 Å². The molecule has 0 bridgehead atoms. The Morgan fingerprint density at radius 2 is 2.05 bits per heavy atom. The van der Waals surface area contributed by atoms with Gasteiger partial charge in [-0.05, 0) is 30.5 Å². The number of hydrogen-bond acceptors (Lipinski definition) is 4. The molecule has 3 rings (SSSR count). The predicted molar refractivity (Wildman–Crippen MR) is 80.9 cm³/mol. The van der Waals surface area contributed by atoms with Gasteiger partial charge in [-0.25, -0.2) is 4.98 Å². The molecule has 19 heavy (non-hydrogen) atoms. The van der Waals surface area contributed by atoms with Crippen molar-refractivity contribution >= 4 is 39.7 Å². The Morgan fingerprint density at radius 3 is 2.79 bits per heavy atom. The summed E-state index contributed by atoms with van der Waals surface area (Å²) in [5.41, 5.74) is 14.0. The van der Waals surface area contributed by atoms with Gasteiger partial charge < -0.3 is 11.5 Å². The summed E-state index contributed by atoms with van der Waals surface area (Å²) in [6.45, 7) is 0. The molecule has 4 N–H and O–H groups in total. The van der Waals surface area contributed by atoms with Crippen LogP contribution in [0.25, 0.3) is 0 Å². The zero-order chi connectivity index (χ0) is 13.6. The summed E-state index contributed by atoms with van der Waals surface area (Å²) in [7, 11) is 0. The van der Waals surface area contributed by atoms with E-state index in [1.807, 2.05) is 12.1 Å². The van der Waals surface area contributed by atoms with Crippen molar-refractivity contribution in [3.63, 3.8) is 0 Å². The molecule has 1 heterocycles. The largest absolute Gasteiger partial charge is 0.375 e. The Labute approximate surface area is 125 Å².